The van der Waals surface area contributed by atoms with Crippen LogP contribution in [-0.2, 0) is 11.3 Å². The first-order valence-corrected chi connectivity index (χ1v) is 9.32. The molecule has 1 aliphatic heterocycles. The van der Waals surface area contributed by atoms with E-state index in [0.29, 0.717) is 26.3 Å². The summed E-state index contributed by atoms with van der Waals surface area (Å²) in [5, 5.41) is 6.72. The van der Waals surface area contributed by atoms with Gasteiger partial charge >= 0.3 is 0 Å². The van der Waals surface area contributed by atoms with Gasteiger partial charge in [0.1, 0.15) is 5.82 Å². The molecule has 2 N–H and O–H groups in total. The number of rotatable bonds is 6. The second kappa shape index (κ2) is 10.0. The Labute approximate surface area is 160 Å². The van der Waals surface area contributed by atoms with Crippen molar-refractivity contribution in [1.29, 1.82) is 0 Å². The Morgan fingerprint density at radius 1 is 1.11 bits per heavy atom. The molecule has 1 aliphatic rings. The minimum absolute atomic E-state index is 0.0554. The third-order valence-electron chi connectivity index (χ3n) is 4.71. The zero-order chi connectivity index (χ0) is 18.9. The van der Waals surface area contributed by atoms with Crippen LogP contribution in [0.25, 0.3) is 0 Å². The Bertz CT molecular complexity index is 732. The molecule has 0 radical (unpaired) electrons. The largest absolute Gasteiger partial charge is 0.379 e. The standard InChI is InChI=1S/C21H27FN4O/c1-23-21(24-15-17-6-3-2-4-7-17)25-16-20(26-10-12-27-13-11-26)18-8-5-9-19(22)14-18/h2-9,14,20H,10-13,15-16H2,1H3,(H2,23,24,25). The van der Waals surface area contributed by atoms with Gasteiger partial charge in [-0.05, 0) is 23.3 Å². The van der Waals surface area contributed by atoms with Crippen molar-refractivity contribution in [1.82, 2.24) is 15.5 Å². The third kappa shape index (κ3) is 5.77. The van der Waals surface area contributed by atoms with Gasteiger partial charge in [0.05, 0.1) is 19.3 Å². The van der Waals surface area contributed by atoms with Crippen LogP contribution in [0.1, 0.15) is 17.2 Å². The zero-order valence-electron chi connectivity index (χ0n) is 15.7. The highest BCUT2D eigenvalue weighted by atomic mass is 19.1. The molecule has 0 aliphatic carbocycles. The van der Waals surface area contributed by atoms with Gasteiger partial charge in [-0.3, -0.25) is 9.89 Å². The molecule has 1 heterocycles. The molecule has 6 heteroatoms. The van der Waals surface area contributed by atoms with E-state index in [9.17, 15) is 4.39 Å². The number of hydrogen-bond acceptors (Lipinski definition) is 3. The minimum Gasteiger partial charge on any atom is -0.379 e. The fourth-order valence-corrected chi connectivity index (χ4v) is 3.26. The van der Waals surface area contributed by atoms with Crippen LogP contribution in [-0.4, -0.2) is 50.8 Å². The molecule has 1 atom stereocenters. The highest BCUT2D eigenvalue weighted by molar-refractivity contribution is 5.79. The fourth-order valence-electron chi connectivity index (χ4n) is 3.26. The summed E-state index contributed by atoms with van der Waals surface area (Å²) in [6.07, 6.45) is 0. The minimum atomic E-state index is -0.211. The summed E-state index contributed by atoms with van der Waals surface area (Å²) in [4.78, 5) is 6.64. The summed E-state index contributed by atoms with van der Waals surface area (Å²) >= 11 is 0. The average molecular weight is 370 g/mol. The van der Waals surface area contributed by atoms with Crippen molar-refractivity contribution in [3.8, 4) is 0 Å². The monoisotopic (exact) mass is 370 g/mol. The Balaban J connectivity index is 1.64. The number of nitrogens with one attached hydrogen (secondary N) is 2. The molecule has 0 amide bonds. The lowest BCUT2D eigenvalue weighted by atomic mass is 10.0. The quantitative estimate of drug-likeness (QED) is 0.606. The molecule has 27 heavy (non-hydrogen) atoms. The van der Waals surface area contributed by atoms with E-state index in [-0.39, 0.29) is 11.9 Å². The number of aliphatic imine (C=N–C) groups is 1. The van der Waals surface area contributed by atoms with Crippen molar-refractivity contribution in [2.75, 3.05) is 39.9 Å². The molecule has 2 aromatic rings. The number of nitrogens with zero attached hydrogens (tertiary/aromatic N) is 2. The van der Waals surface area contributed by atoms with Crippen LogP contribution in [0.4, 0.5) is 4.39 Å². The maximum Gasteiger partial charge on any atom is 0.191 e. The lowest BCUT2D eigenvalue weighted by Crippen LogP contribution is -2.46. The second-order valence-corrected chi connectivity index (χ2v) is 6.51. The molecular formula is C21H27FN4O. The number of morpholine rings is 1. The van der Waals surface area contributed by atoms with Crippen LogP contribution < -0.4 is 10.6 Å². The van der Waals surface area contributed by atoms with Gasteiger partial charge in [0.25, 0.3) is 0 Å². The van der Waals surface area contributed by atoms with Gasteiger partial charge in [-0.2, -0.15) is 0 Å². The number of benzene rings is 2. The SMILES string of the molecule is CN=C(NCc1ccccc1)NCC(c1cccc(F)c1)N1CCOCC1. The molecule has 144 valence electrons. The summed E-state index contributed by atoms with van der Waals surface area (Å²) in [5.74, 6) is 0.519. The highest BCUT2D eigenvalue weighted by Gasteiger charge is 2.23. The van der Waals surface area contributed by atoms with Crippen molar-refractivity contribution >= 4 is 5.96 Å². The van der Waals surface area contributed by atoms with Crippen LogP contribution in [0.3, 0.4) is 0 Å². The first-order chi connectivity index (χ1) is 13.3. The maximum absolute atomic E-state index is 13.8. The number of guanidine groups is 1. The van der Waals surface area contributed by atoms with Gasteiger partial charge in [0, 0.05) is 33.2 Å². The van der Waals surface area contributed by atoms with E-state index in [1.807, 2.05) is 24.3 Å². The van der Waals surface area contributed by atoms with Crippen molar-refractivity contribution in [3.05, 3.63) is 71.5 Å². The second-order valence-electron chi connectivity index (χ2n) is 6.51. The molecule has 5 nitrogen and oxygen atoms in total. The fraction of sp³-hybridized carbons (Fsp3) is 0.381. The molecule has 1 saturated heterocycles. The summed E-state index contributed by atoms with van der Waals surface area (Å²) in [5.41, 5.74) is 2.15. The summed E-state index contributed by atoms with van der Waals surface area (Å²) < 4.78 is 19.2. The van der Waals surface area contributed by atoms with E-state index in [2.05, 4.69) is 32.7 Å². The van der Waals surface area contributed by atoms with Crippen molar-refractivity contribution < 1.29 is 9.13 Å². The first-order valence-electron chi connectivity index (χ1n) is 9.32. The van der Waals surface area contributed by atoms with Crippen molar-refractivity contribution in [2.45, 2.75) is 12.6 Å². The molecule has 0 aromatic heterocycles. The van der Waals surface area contributed by atoms with Gasteiger partial charge < -0.3 is 15.4 Å². The predicted octanol–water partition coefficient (Wildman–Crippen LogP) is 2.56. The Morgan fingerprint density at radius 3 is 2.59 bits per heavy atom. The van der Waals surface area contributed by atoms with E-state index in [1.54, 1.807) is 19.2 Å². The van der Waals surface area contributed by atoms with E-state index >= 15 is 0 Å². The molecule has 1 unspecified atom stereocenters. The molecule has 2 aromatic carbocycles. The lowest BCUT2D eigenvalue weighted by molar-refractivity contribution is 0.0169. The van der Waals surface area contributed by atoms with E-state index in [0.717, 1.165) is 24.6 Å². The lowest BCUT2D eigenvalue weighted by Gasteiger charge is -2.35. The van der Waals surface area contributed by atoms with Crippen LogP contribution in [0.5, 0.6) is 0 Å². The van der Waals surface area contributed by atoms with Gasteiger partial charge in [-0.15, -0.1) is 0 Å². The predicted molar refractivity (Wildman–Crippen MR) is 106 cm³/mol. The van der Waals surface area contributed by atoms with E-state index in [4.69, 9.17) is 4.74 Å². The van der Waals surface area contributed by atoms with Crippen LogP contribution in [0.15, 0.2) is 59.6 Å². The van der Waals surface area contributed by atoms with Crippen molar-refractivity contribution in [3.63, 3.8) is 0 Å². The Kier molecular flexibility index (Phi) is 7.19. The number of hydrogen-bond donors (Lipinski definition) is 2. The van der Waals surface area contributed by atoms with Crippen LogP contribution >= 0.6 is 0 Å². The summed E-state index contributed by atoms with van der Waals surface area (Å²) in [6.45, 7) is 4.40. The normalized spacial score (nSPS) is 16.7. The highest BCUT2D eigenvalue weighted by Crippen LogP contribution is 2.22. The smallest absolute Gasteiger partial charge is 0.191 e. The molecule has 1 fully saturated rings. The van der Waals surface area contributed by atoms with Crippen LogP contribution in [0, 0.1) is 5.82 Å². The molecule has 0 saturated carbocycles. The van der Waals surface area contributed by atoms with Gasteiger partial charge in [-0.1, -0.05) is 42.5 Å². The molecule has 3 rings (SSSR count). The molecule has 0 spiro atoms. The number of halogens is 1. The maximum atomic E-state index is 13.8. The molecule has 0 bridgehead atoms. The third-order valence-corrected chi connectivity index (χ3v) is 4.71. The Morgan fingerprint density at radius 2 is 1.89 bits per heavy atom. The topological polar surface area (TPSA) is 48.9 Å². The summed E-state index contributed by atoms with van der Waals surface area (Å²) in [7, 11) is 1.76. The average Bonchev–Trinajstić information content (AvgIpc) is 2.72. The summed E-state index contributed by atoms with van der Waals surface area (Å²) in [6, 6.07) is 17.1. The zero-order valence-corrected chi connectivity index (χ0v) is 15.7. The first kappa shape index (κ1) is 19.3. The van der Waals surface area contributed by atoms with E-state index < -0.39 is 0 Å². The number of ether oxygens (including phenoxy) is 1. The Hall–Kier alpha value is -2.44. The van der Waals surface area contributed by atoms with Crippen molar-refractivity contribution in [2.24, 2.45) is 4.99 Å². The van der Waals surface area contributed by atoms with E-state index in [1.165, 1.54) is 11.6 Å². The van der Waals surface area contributed by atoms with Gasteiger partial charge in [0.15, 0.2) is 5.96 Å². The molecular weight excluding hydrogens is 343 g/mol. The van der Waals surface area contributed by atoms with Gasteiger partial charge in [-0.25, -0.2) is 4.39 Å². The van der Waals surface area contributed by atoms with Gasteiger partial charge in [0.2, 0.25) is 0 Å². The van der Waals surface area contributed by atoms with Crippen LogP contribution in [0.2, 0.25) is 0 Å².